The molecule has 3 aromatic carbocycles. The molecule has 8 heteroatoms. The van der Waals surface area contributed by atoms with Crippen molar-refractivity contribution >= 4 is 17.6 Å². The number of halogens is 3. The summed E-state index contributed by atoms with van der Waals surface area (Å²) in [7, 11) is 0. The summed E-state index contributed by atoms with van der Waals surface area (Å²) in [5.41, 5.74) is 1.19. The number of benzene rings is 3. The van der Waals surface area contributed by atoms with Gasteiger partial charge >= 0.3 is 12.1 Å². The number of amides is 1. The first-order chi connectivity index (χ1) is 15.9. The number of hydrogen-bond acceptors (Lipinski definition) is 3. The van der Waals surface area contributed by atoms with E-state index in [1.54, 1.807) is 26.0 Å². The van der Waals surface area contributed by atoms with Crippen molar-refractivity contribution in [2.45, 2.75) is 39.9 Å². The van der Waals surface area contributed by atoms with Gasteiger partial charge in [-0.25, -0.2) is 4.79 Å². The molecule has 3 aromatic rings. The van der Waals surface area contributed by atoms with E-state index < -0.39 is 35.4 Å². The lowest BCUT2D eigenvalue weighted by Crippen LogP contribution is -2.38. The molecule has 0 bridgehead atoms. The van der Waals surface area contributed by atoms with Crippen LogP contribution in [0.15, 0.2) is 60.7 Å². The number of para-hydroxylation sites is 1. The van der Waals surface area contributed by atoms with Crippen LogP contribution >= 0.6 is 0 Å². The molecule has 0 atom stereocenters. The van der Waals surface area contributed by atoms with Crippen LogP contribution < -0.4 is 9.64 Å². The minimum Gasteiger partial charge on any atom is -0.478 e. The predicted octanol–water partition coefficient (Wildman–Crippen LogP) is 6.87. The second kappa shape index (κ2) is 9.59. The Labute approximate surface area is 195 Å². The number of carbonyl (C=O) groups excluding carboxylic acids is 1. The van der Waals surface area contributed by atoms with Crippen LogP contribution in [0.4, 0.5) is 18.9 Å². The van der Waals surface area contributed by atoms with Crippen molar-refractivity contribution in [2.24, 2.45) is 0 Å². The molecule has 1 amide bonds. The number of aryl methyl sites for hydroxylation is 2. The lowest BCUT2D eigenvalue weighted by Gasteiger charge is -2.29. The number of anilines is 1. The summed E-state index contributed by atoms with van der Waals surface area (Å²) >= 11 is 0. The second-order valence-electron chi connectivity index (χ2n) is 8.15. The summed E-state index contributed by atoms with van der Waals surface area (Å²) in [5.74, 6) is -2.29. The second-order valence-corrected chi connectivity index (χ2v) is 8.15. The van der Waals surface area contributed by atoms with Crippen molar-refractivity contribution in [1.29, 1.82) is 0 Å². The van der Waals surface area contributed by atoms with E-state index in [2.05, 4.69) is 0 Å². The molecular weight excluding hydrogens is 447 g/mol. The molecule has 5 nitrogen and oxygen atoms in total. The lowest BCUT2D eigenvalue weighted by atomic mass is 10.0. The fourth-order valence-electron chi connectivity index (χ4n) is 3.51. The van der Waals surface area contributed by atoms with Gasteiger partial charge < -0.3 is 14.7 Å². The van der Waals surface area contributed by atoms with Crippen LogP contribution in [0.2, 0.25) is 0 Å². The maximum Gasteiger partial charge on any atom is 0.419 e. The van der Waals surface area contributed by atoms with E-state index in [1.807, 2.05) is 19.9 Å². The molecule has 1 N–H and O–H groups in total. The van der Waals surface area contributed by atoms with Gasteiger partial charge in [-0.15, -0.1) is 0 Å². The minimum atomic E-state index is -4.64. The monoisotopic (exact) mass is 471 g/mol. The molecule has 0 radical (unpaired) electrons. The SMILES string of the molecule is Cc1ccc(C(=O)N(c2ccc(Oc3ccccc3C(F)(F)F)cc2C(=O)O)C(C)C)cc1C. The van der Waals surface area contributed by atoms with E-state index in [9.17, 15) is 27.9 Å². The van der Waals surface area contributed by atoms with E-state index >= 15 is 0 Å². The summed E-state index contributed by atoms with van der Waals surface area (Å²) < 4.78 is 45.3. The summed E-state index contributed by atoms with van der Waals surface area (Å²) in [4.78, 5) is 26.7. The van der Waals surface area contributed by atoms with E-state index in [4.69, 9.17) is 4.74 Å². The summed E-state index contributed by atoms with van der Waals surface area (Å²) in [6.07, 6.45) is -4.64. The molecule has 0 fully saturated rings. The van der Waals surface area contributed by atoms with Gasteiger partial charge in [0.2, 0.25) is 0 Å². The lowest BCUT2D eigenvalue weighted by molar-refractivity contribution is -0.138. The Balaban J connectivity index is 2.04. The third-order valence-corrected chi connectivity index (χ3v) is 5.37. The van der Waals surface area contributed by atoms with Gasteiger partial charge in [-0.1, -0.05) is 18.2 Å². The molecule has 3 rings (SSSR count). The van der Waals surface area contributed by atoms with Crippen molar-refractivity contribution in [3.05, 3.63) is 88.5 Å². The number of alkyl halides is 3. The summed E-state index contributed by atoms with van der Waals surface area (Å²) in [6.45, 7) is 7.28. The molecule has 0 aliphatic rings. The number of aromatic carboxylic acids is 1. The number of carbonyl (C=O) groups is 2. The number of rotatable bonds is 6. The average Bonchev–Trinajstić information content (AvgIpc) is 2.75. The Morgan fingerprint density at radius 1 is 0.941 bits per heavy atom. The van der Waals surface area contributed by atoms with Gasteiger partial charge in [-0.05, 0) is 81.3 Å². The smallest absolute Gasteiger partial charge is 0.419 e. The Bertz CT molecular complexity index is 1230. The number of hydrogen-bond donors (Lipinski definition) is 1. The first kappa shape index (κ1) is 24.8. The van der Waals surface area contributed by atoms with E-state index in [0.717, 1.165) is 29.3 Å². The third kappa shape index (κ3) is 5.22. The highest BCUT2D eigenvalue weighted by Crippen LogP contribution is 2.39. The first-order valence-corrected chi connectivity index (χ1v) is 10.5. The van der Waals surface area contributed by atoms with Crippen LogP contribution in [-0.4, -0.2) is 23.0 Å². The molecular formula is C26H24F3NO4. The topological polar surface area (TPSA) is 66.8 Å². The average molecular weight is 471 g/mol. The van der Waals surface area contributed by atoms with Gasteiger partial charge in [0.1, 0.15) is 11.5 Å². The van der Waals surface area contributed by atoms with Crippen molar-refractivity contribution < 1.29 is 32.6 Å². The van der Waals surface area contributed by atoms with E-state index in [0.29, 0.717) is 5.56 Å². The number of carboxylic acids is 1. The molecule has 34 heavy (non-hydrogen) atoms. The molecule has 0 aromatic heterocycles. The molecule has 0 aliphatic carbocycles. The predicted molar refractivity (Wildman–Crippen MR) is 123 cm³/mol. The standard InChI is InChI=1S/C26H24F3NO4/c1-15(2)30(24(31)18-10-9-16(3)17(4)13-18)22-12-11-19(14-20(22)25(32)33)34-23-8-6-5-7-21(23)26(27,28)29/h5-15H,1-4H3,(H,32,33). The zero-order valence-electron chi connectivity index (χ0n) is 19.1. The van der Waals surface area contributed by atoms with Crippen molar-refractivity contribution in [1.82, 2.24) is 0 Å². The third-order valence-electron chi connectivity index (χ3n) is 5.37. The van der Waals surface area contributed by atoms with Crippen LogP contribution in [0.5, 0.6) is 11.5 Å². The Morgan fingerprint density at radius 3 is 2.21 bits per heavy atom. The van der Waals surface area contributed by atoms with Crippen LogP contribution in [0.3, 0.4) is 0 Å². The van der Waals surface area contributed by atoms with Crippen molar-refractivity contribution in [3.8, 4) is 11.5 Å². The zero-order valence-corrected chi connectivity index (χ0v) is 19.1. The number of ether oxygens (including phenoxy) is 1. The van der Waals surface area contributed by atoms with Crippen molar-refractivity contribution in [2.75, 3.05) is 4.90 Å². The maximum atomic E-state index is 13.3. The number of nitrogens with zero attached hydrogens (tertiary/aromatic N) is 1. The highest BCUT2D eigenvalue weighted by atomic mass is 19.4. The summed E-state index contributed by atoms with van der Waals surface area (Å²) in [5, 5.41) is 9.83. The molecule has 0 saturated carbocycles. The number of carboxylic acid groups (broad SMARTS) is 1. The largest absolute Gasteiger partial charge is 0.478 e. The first-order valence-electron chi connectivity index (χ1n) is 10.5. The molecule has 0 heterocycles. The van der Waals surface area contributed by atoms with Crippen LogP contribution in [0, 0.1) is 13.8 Å². The normalized spacial score (nSPS) is 11.4. The quantitative estimate of drug-likeness (QED) is 0.426. The van der Waals surface area contributed by atoms with E-state index in [-0.39, 0.29) is 17.0 Å². The summed E-state index contributed by atoms with van der Waals surface area (Å²) in [6, 6.07) is 13.3. The van der Waals surface area contributed by atoms with Gasteiger partial charge in [-0.2, -0.15) is 13.2 Å². The maximum absolute atomic E-state index is 13.3. The van der Waals surface area contributed by atoms with Gasteiger partial charge in [0, 0.05) is 11.6 Å². The zero-order chi connectivity index (χ0) is 25.2. The van der Waals surface area contributed by atoms with Crippen molar-refractivity contribution in [3.63, 3.8) is 0 Å². The molecule has 0 aliphatic heterocycles. The Hall–Kier alpha value is -3.81. The highest BCUT2D eigenvalue weighted by Gasteiger charge is 2.34. The molecule has 178 valence electrons. The molecule has 0 spiro atoms. The highest BCUT2D eigenvalue weighted by molar-refractivity contribution is 6.10. The fraction of sp³-hybridized carbons (Fsp3) is 0.231. The Morgan fingerprint density at radius 2 is 1.62 bits per heavy atom. The molecule has 0 unspecified atom stereocenters. The molecule has 0 saturated heterocycles. The van der Waals surface area contributed by atoms with Crippen LogP contribution in [0.25, 0.3) is 0 Å². The van der Waals surface area contributed by atoms with Gasteiger partial charge in [-0.3, -0.25) is 4.79 Å². The van der Waals surface area contributed by atoms with Crippen LogP contribution in [-0.2, 0) is 6.18 Å². The Kier molecular flexibility index (Phi) is 7.00. The van der Waals surface area contributed by atoms with Gasteiger partial charge in [0.05, 0.1) is 16.8 Å². The van der Waals surface area contributed by atoms with E-state index in [1.165, 1.54) is 29.2 Å². The van der Waals surface area contributed by atoms with Crippen LogP contribution in [0.1, 0.15) is 51.3 Å². The minimum absolute atomic E-state index is 0.0971. The fourth-order valence-corrected chi connectivity index (χ4v) is 3.51. The van der Waals surface area contributed by atoms with Gasteiger partial charge in [0.25, 0.3) is 5.91 Å². The van der Waals surface area contributed by atoms with Gasteiger partial charge in [0.15, 0.2) is 0 Å².